The molecule has 1 aliphatic heterocycles. The first-order valence-electron chi connectivity index (χ1n) is 8.71. The van der Waals surface area contributed by atoms with E-state index < -0.39 is 0 Å². The van der Waals surface area contributed by atoms with Crippen LogP contribution in [0, 0.1) is 5.92 Å². The first-order chi connectivity index (χ1) is 11.5. The van der Waals surface area contributed by atoms with Gasteiger partial charge < -0.3 is 16.0 Å². The first-order valence-corrected chi connectivity index (χ1v) is 8.71. The average molecular weight is 463 g/mol. The van der Waals surface area contributed by atoms with Crippen LogP contribution in [0.3, 0.4) is 0 Å². The van der Waals surface area contributed by atoms with E-state index in [1.54, 1.807) is 7.05 Å². The lowest BCUT2D eigenvalue weighted by Gasteiger charge is -2.25. The Kier molecular flexibility index (Phi) is 9.15. The third-order valence-electron chi connectivity index (χ3n) is 4.02. The van der Waals surface area contributed by atoms with Crippen LogP contribution in [-0.4, -0.2) is 52.8 Å². The number of carbonyl (C=O) groups excluding carboxylic acids is 1. The lowest BCUT2D eigenvalue weighted by Crippen LogP contribution is -2.48. The van der Waals surface area contributed by atoms with Crippen molar-refractivity contribution in [3.63, 3.8) is 0 Å². The molecule has 0 spiro atoms. The van der Waals surface area contributed by atoms with Crippen LogP contribution in [0.1, 0.15) is 38.8 Å². The Morgan fingerprint density at radius 3 is 2.72 bits per heavy atom. The van der Waals surface area contributed by atoms with Crippen molar-refractivity contribution in [2.24, 2.45) is 10.9 Å². The van der Waals surface area contributed by atoms with Gasteiger partial charge in [0, 0.05) is 44.9 Å². The third kappa shape index (κ3) is 6.44. The molecule has 0 fully saturated rings. The monoisotopic (exact) mass is 463 g/mol. The number of amides is 1. The summed E-state index contributed by atoms with van der Waals surface area (Å²) in [6, 6.07) is 0.278. The number of aliphatic imine (C=N–C) groups is 1. The second-order valence-corrected chi connectivity index (χ2v) is 6.30. The van der Waals surface area contributed by atoms with E-state index in [9.17, 15) is 4.79 Å². The van der Waals surface area contributed by atoms with Gasteiger partial charge in [-0.15, -0.1) is 24.0 Å². The van der Waals surface area contributed by atoms with Gasteiger partial charge in [-0.05, 0) is 6.42 Å². The highest BCUT2D eigenvalue weighted by Crippen LogP contribution is 2.13. The van der Waals surface area contributed by atoms with Gasteiger partial charge in [0.1, 0.15) is 5.82 Å². The molecule has 1 aromatic heterocycles. The Morgan fingerprint density at radius 2 is 2.08 bits per heavy atom. The maximum atomic E-state index is 11.5. The molecular formula is C16H30IN7O. The molecule has 0 aliphatic carbocycles. The summed E-state index contributed by atoms with van der Waals surface area (Å²) in [5, 5.41) is 14.1. The molecule has 8 nitrogen and oxygen atoms in total. The molecule has 1 aromatic rings. The van der Waals surface area contributed by atoms with Crippen LogP contribution in [0.2, 0.25) is 0 Å². The second-order valence-electron chi connectivity index (χ2n) is 6.30. The molecule has 0 saturated heterocycles. The summed E-state index contributed by atoms with van der Waals surface area (Å²) in [5.41, 5.74) is 0. The van der Waals surface area contributed by atoms with E-state index in [0.29, 0.717) is 13.1 Å². The van der Waals surface area contributed by atoms with Crippen molar-refractivity contribution in [1.29, 1.82) is 0 Å². The van der Waals surface area contributed by atoms with Crippen LogP contribution < -0.4 is 16.0 Å². The molecule has 1 atom stereocenters. The predicted octanol–water partition coefficient (Wildman–Crippen LogP) is 0.711. The summed E-state index contributed by atoms with van der Waals surface area (Å²) >= 11 is 0. The highest BCUT2D eigenvalue weighted by Gasteiger charge is 2.21. The molecular weight excluding hydrogens is 433 g/mol. The standard InChI is InChI=1S/C16H29N7O.HI/c1-5-13-21-14-7-6-12(10-23(14)22-13)20-16(17-4)19-9-8-18-15(24)11(2)3;/h11-12H,5-10H2,1-4H3,(H,18,24)(H2,17,19,20);1H. The fourth-order valence-corrected chi connectivity index (χ4v) is 2.59. The van der Waals surface area contributed by atoms with E-state index in [-0.39, 0.29) is 41.8 Å². The van der Waals surface area contributed by atoms with Crippen LogP contribution in [0.4, 0.5) is 0 Å². The maximum Gasteiger partial charge on any atom is 0.222 e. The van der Waals surface area contributed by atoms with Crippen molar-refractivity contribution >= 4 is 35.8 Å². The molecule has 1 unspecified atom stereocenters. The normalized spacial score (nSPS) is 16.8. The Hall–Kier alpha value is -1.39. The summed E-state index contributed by atoms with van der Waals surface area (Å²) < 4.78 is 2.00. The topological polar surface area (TPSA) is 96.2 Å². The van der Waals surface area contributed by atoms with Crippen molar-refractivity contribution in [3.8, 4) is 0 Å². The van der Waals surface area contributed by atoms with Gasteiger partial charge in [0.15, 0.2) is 11.8 Å². The Bertz CT molecular complexity index is 585. The van der Waals surface area contributed by atoms with E-state index in [1.165, 1.54) is 0 Å². The predicted molar refractivity (Wildman–Crippen MR) is 109 cm³/mol. The van der Waals surface area contributed by atoms with E-state index in [4.69, 9.17) is 0 Å². The number of aromatic nitrogens is 3. The van der Waals surface area contributed by atoms with Crippen molar-refractivity contribution in [1.82, 2.24) is 30.7 Å². The summed E-state index contributed by atoms with van der Waals surface area (Å²) in [6.07, 6.45) is 2.79. The molecule has 9 heteroatoms. The summed E-state index contributed by atoms with van der Waals surface area (Å²) in [6.45, 7) is 7.85. The number of hydrogen-bond acceptors (Lipinski definition) is 4. The van der Waals surface area contributed by atoms with Gasteiger partial charge in [-0.1, -0.05) is 20.8 Å². The van der Waals surface area contributed by atoms with Gasteiger partial charge in [0.25, 0.3) is 0 Å². The Balaban J connectivity index is 0.00000312. The first kappa shape index (κ1) is 21.7. The molecule has 2 heterocycles. The average Bonchev–Trinajstić information content (AvgIpc) is 2.99. The molecule has 25 heavy (non-hydrogen) atoms. The molecule has 0 saturated carbocycles. The smallest absolute Gasteiger partial charge is 0.222 e. The van der Waals surface area contributed by atoms with E-state index in [2.05, 4.69) is 37.9 Å². The molecule has 142 valence electrons. The van der Waals surface area contributed by atoms with Gasteiger partial charge in [0.2, 0.25) is 5.91 Å². The molecule has 0 aromatic carbocycles. The lowest BCUT2D eigenvalue weighted by atomic mass is 10.1. The largest absolute Gasteiger partial charge is 0.355 e. The van der Waals surface area contributed by atoms with Crippen LogP contribution in [0.25, 0.3) is 0 Å². The number of nitrogens with one attached hydrogen (secondary N) is 3. The number of fused-ring (bicyclic) bond motifs is 1. The molecule has 0 bridgehead atoms. The highest BCUT2D eigenvalue weighted by atomic mass is 127. The SMILES string of the molecule is CCc1nc2n(n1)CC(NC(=NC)NCCNC(=O)C(C)C)CC2.I. The minimum Gasteiger partial charge on any atom is -0.355 e. The van der Waals surface area contributed by atoms with Gasteiger partial charge in [-0.3, -0.25) is 9.79 Å². The van der Waals surface area contributed by atoms with E-state index in [1.807, 2.05) is 18.5 Å². The fourth-order valence-electron chi connectivity index (χ4n) is 2.59. The van der Waals surface area contributed by atoms with Crippen LogP contribution in [0.15, 0.2) is 4.99 Å². The van der Waals surface area contributed by atoms with Gasteiger partial charge in [-0.2, -0.15) is 5.10 Å². The number of guanidine groups is 1. The molecule has 3 N–H and O–H groups in total. The zero-order chi connectivity index (χ0) is 17.5. The van der Waals surface area contributed by atoms with E-state index >= 15 is 0 Å². The number of rotatable bonds is 6. The van der Waals surface area contributed by atoms with Crippen LogP contribution in [0.5, 0.6) is 0 Å². The molecule has 1 amide bonds. The molecule has 2 rings (SSSR count). The van der Waals surface area contributed by atoms with Gasteiger partial charge >= 0.3 is 0 Å². The number of halogens is 1. The number of aryl methyl sites for hydroxylation is 2. The van der Waals surface area contributed by atoms with Crippen molar-refractivity contribution in [2.75, 3.05) is 20.1 Å². The van der Waals surface area contributed by atoms with Gasteiger partial charge in [-0.25, -0.2) is 9.67 Å². The zero-order valence-corrected chi connectivity index (χ0v) is 17.8. The number of nitrogens with zero attached hydrogens (tertiary/aromatic N) is 4. The van der Waals surface area contributed by atoms with Crippen LogP contribution in [-0.2, 0) is 24.2 Å². The third-order valence-corrected chi connectivity index (χ3v) is 4.02. The van der Waals surface area contributed by atoms with Crippen molar-refractivity contribution in [3.05, 3.63) is 11.6 Å². The van der Waals surface area contributed by atoms with E-state index in [0.717, 1.165) is 43.4 Å². The second kappa shape index (κ2) is 10.6. The number of hydrogen-bond donors (Lipinski definition) is 3. The molecule has 0 radical (unpaired) electrons. The Labute approximate surface area is 166 Å². The lowest BCUT2D eigenvalue weighted by molar-refractivity contribution is -0.123. The fraction of sp³-hybridized carbons (Fsp3) is 0.750. The number of carbonyl (C=O) groups is 1. The quantitative estimate of drug-likeness (QED) is 0.250. The minimum absolute atomic E-state index is 0. The summed E-state index contributed by atoms with van der Waals surface area (Å²) in [4.78, 5) is 20.3. The van der Waals surface area contributed by atoms with Gasteiger partial charge in [0.05, 0.1) is 6.54 Å². The minimum atomic E-state index is 0. The van der Waals surface area contributed by atoms with Crippen molar-refractivity contribution < 1.29 is 4.79 Å². The van der Waals surface area contributed by atoms with Crippen molar-refractivity contribution in [2.45, 2.75) is 52.6 Å². The summed E-state index contributed by atoms with van der Waals surface area (Å²) in [5.74, 6) is 2.81. The molecule has 1 aliphatic rings. The summed E-state index contributed by atoms with van der Waals surface area (Å²) in [7, 11) is 1.75. The zero-order valence-electron chi connectivity index (χ0n) is 15.5. The highest BCUT2D eigenvalue weighted by molar-refractivity contribution is 14.0. The maximum absolute atomic E-state index is 11.5. The Morgan fingerprint density at radius 1 is 1.36 bits per heavy atom. The van der Waals surface area contributed by atoms with Crippen LogP contribution >= 0.6 is 24.0 Å².